The Morgan fingerprint density at radius 1 is 1.40 bits per heavy atom. The third kappa shape index (κ3) is 2.01. The van der Waals surface area contributed by atoms with E-state index in [4.69, 9.17) is 9.84 Å². The van der Waals surface area contributed by atoms with Crippen molar-refractivity contribution >= 4 is 16.7 Å². The zero-order chi connectivity index (χ0) is 10.7. The van der Waals surface area contributed by atoms with Crippen LogP contribution in [0.15, 0.2) is 30.5 Å². The van der Waals surface area contributed by atoms with E-state index in [2.05, 4.69) is 10.2 Å². The normalized spacial score (nSPS) is 10.1. The van der Waals surface area contributed by atoms with E-state index >= 15 is 0 Å². The second-order valence-electron chi connectivity index (χ2n) is 2.92. The number of carboxylic acids is 1. The molecular weight excluding hydrogens is 196 g/mol. The first kappa shape index (κ1) is 9.39. The van der Waals surface area contributed by atoms with Crippen molar-refractivity contribution in [3.05, 3.63) is 30.5 Å². The van der Waals surface area contributed by atoms with Crippen LogP contribution in [-0.2, 0) is 4.79 Å². The van der Waals surface area contributed by atoms with Crippen LogP contribution >= 0.6 is 0 Å². The Kier molecular flexibility index (Phi) is 2.45. The predicted octanol–water partition coefficient (Wildman–Crippen LogP) is 1.09. The maximum atomic E-state index is 10.3. The summed E-state index contributed by atoms with van der Waals surface area (Å²) in [6, 6.07) is 7.36. The Morgan fingerprint density at radius 3 is 3.00 bits per heavy atom. The molecule has 1 aromatic carbocycles. The van der Waals surface area contributed by atoms with Crippen molar-refractivity contribution in [2.24, 2.45) is 0 Å². The molecule has 0 aliphatic rings. The van der Waals surface area contributed by atoms with Crippen LogP contribution in [0, 0.1) is 0 Å². The van der Waals surface area contributed by atoms with Crippen LogP contribution in [0.25, 0.3) is 10.8 Å². The van der Waals surface area contributed by atoms with Crippen LogP contribution in [-0.4, -0.2) is 27.9 Å². The van der Waals surface area contributed by atoms with E-state index in [9.17, 15) is 4.79 Å². The number of rotatable bonds is 3. The number of ether oxygens (including phenoxy) is 1. The number of fused-ring (bicyclic) bond motifs is 1. The fraction of sp³-hybridized carbons (Fsp3) is 0.100. The van der Waals surface area contributed by atoms with Gasteiger partial charge in [0.05, 0.1) is 6.20 Å². The lowest BCUT2D eigenvalue weighted by molar-refractivity contribution is -0.139. The molecule has 0 amide bonds. The lowest BCUT2D eigenvalue weighted by Gasteiger charge is -2.04. The maximum Gasteiger partial charge on any atom is 0.341 e. The molecular formula is C10H8N2O3. The topological polar surface area (TPSA) is 72.3 Å². The summed E-state index contributed by atoms with van der Waals surface area (Å²) < 4.78 is 5.01. The molecule has 0 radical (unpaired) electrons. The first-order chi connectivity index (χ1) is 7.27. The molecule has 2 aromatic rings. The van der Waals surface area contributed by atoms with Crippen LogP contribution < -0.4 is 4.74 Å². The van der Waals surface area contributed by atoms with Gasteiger partial charge in [0.2, 0.25) is 5.88 Å². The van der Waals surface area contributed by atoms with Crippen LogP contribution in [0.2, 0.25) is 0 Å². The monoisotopic (exact) mass is 204 g/mol. The number of aromatic nitrogens is 2. The van der Waals surface area contributed by atoms with Gasteiger partial charge < -0.3 is 9.84 Å². The lowest BCUT2D eigenvalue weighted by Crippen LogP contribution is -2.10. The first-order valence-electron chi connectivity index (χ1n) is 4.32. The molecule has 0 aliphatic heterocycles. The van der Waals surface area contributed by atoms with Crippen molar-refractivity contribution in [3.63, 3.8) is 0 Å². The molecule has 0 unspecified atom stereocenters. The highest BCUT2D eigenvalue weighted by molar-refractivity contribution is 5.86. The van der Waals surface area contributed by atoms with Gasteiger partial charge in [0, 0.05) is 10.8 Å². The van der Waals surface area contributed by atoms with Crippen LogP contribution in [0.4, 0.5) is 0 Å². The van der Waals surface area contributed by atoms with Gasteiger partial charge in [0.1, 0.15) is 0 Å². The molecule has 1 heterocycles. The average Bonchev–Trinajstić information content (AvgIpc) is 2.26. The third-order valence-electron chi connectivity index (χ3n) is 1.87. The minimum absolute atomic E-state index is 0.246. The molecule has 5 heteroatoms. The van der Waals surface area contributed by atoms with Crippen molar-refractivity contribution < 1.29 is 14.6 Å². The molecule has 0 bridgehead atoms. The molecule has 1 aromatic heterocycles. The van der Waals surface area contributed by atoms with Gasteiger partial charge in [-0.2, -0.15) is 5.10 Å². The summed E-state index contributed by atoms with van der Waals surface area (Å²) in [5.74, 6) is -0.791. The molecule has 0 saturated heterocycles. The number of aliphatic carboxylic acids is 1. The van der Waals surface area contributed by atoms with E-state index in [1.54, 1.807) is 12.3 Å². The summed E-state index contributed by atoms with van der Waals surface area (Å²) in [5, 5.41) is 17.6. The minimum Gasteiger partial charge on any atom is -0.479 e. The zero-order valence-corrected chi connectivity index (χ0v) is 7.75. The van der Waals surface area contributed by atoms with Crippen molar-refractivity contribution in [3.8, 4) is 5.88 Å². The summed E-state index contributed by atoms with van der Waals surface area (Å²) in [6.07, 6.45) is 1.60. The van der Waals surface area contributed by atoms with Gasteiger partial charge in [-0.05, 0) is 6.07 Å². The zero-order valence-electron chi connectivity index (χ0n) is 7.75. The Morgan fingerprint density at radius 2 is 2.20 bits per heavy atom. The quantitative estimate of drug-likeness (QED) is 0.810. The van der Waals surface area contributed by atoms with Crippen molar-refractivity contribution in [2.75, 3.05) is 6.61 Å². The number of carbonyl (C=O) groups is 1. The standard InChI is InChI=1S/C10H8N2O3/c13-9(14)6-15-10-8-4-2-1-3-7(8)5-11-12-10/h1-5H,6H2,(H,13,14). The highest BCUT2D eigenvalue weighted by Crippen LogP contribution is 2.20. The molecule has 0 saturated carbocycles. The van der Waals surface area contributed by atoms with Gasteiger partial charge >= 0.3 is 5.97 Å². The SMILES string of the molecule is O=C(O)COc1nncc2ccccc12. The molecule has 2 rings (SSSR count). The molecule has 15 heavy (non-hydrogen) atoms. The van der Waals surface area contributed by atoms with Gasteiger partial charge in [0.15, 0.2) is 6.61 Å². The van der Waals surface area contributed by atoms with Crippen molar-refractivity contribution in [1.29, 1.82) is 0 Å². The second kappa shape index (κ2) is 3.91. The molecule has 0 fully saturated rings. The summed E-state index contributed by atoms with van der Waals surface area (Å²) in [4.78, 5) is 10.3. The molecule has 5 nitrogen and oxygen atoms in total. The fourth-order valence-electron chi connectivity index (χ4n) is 1.24. The fourth-order valence-corrected chi connectivity index (χ4v) is 1.24. The van der Waals surface area contributed by atoms with Crippen molar-refractivity contribution in [1.82, 2.24) is 10.2 Å². The molecule has 76 valence electrons. The smallest absolute Gasteiger partial charge is 0.341 e. The van der Waals surface area contributed by atoms with E-state index in [1.807, 2.05) is 18.2 Å². The maximum absolute atomic E-state index is 10.3. The Hall–Kier alpha value is -2.17. The summed E-state index contributed by atoms with van der Waals surface area (Å²) in [7, 11) is 0. The van der Waals surface area contributed by atoms with Crippen LogP contribution in [0.3, 0.4) is 0 Å². The number of hydrogen-bond acceptors (Lipinski definition) is 4. The number of carboxylic acid groups (broad SMARTS) is 1. The van der Waals surface area contributed by atoms with E-state index in [0.29, 0.717) is 0 Å². The van der Waals surface area contributed by atoms with E-state index in [-0.39, 0.29) is 5.88 Å². The Labute approximate surface area is 85.3 Å². The molecule has 0 spiro atoms. The summed E-state index contributed by atoms with van der Waals surface area (Å²) in [6.45, 7) is -0.414. The molecule has 0 atom stereocenters. The number of benzene rings is 1. The third-order valence-corrected chi connectivity index (χ3v) is 1.87. The van der Waals surface area contributed by atoms with E-state index in [1.165, 1.54) is 0 Å². The number of hydrogen-bond donors (Lipinski definition) is 1. The average molecular weight is 204 g/mol. The predicted molar refractivity (Wildman–Crippen MR) is 52.7 cm³/mol. The Balaban J connectivity index is 2.38. The van der Waals surface area contributed by atoms with E-state index in [0.717, 1.165) is 10.8 Å². The van der Waals surface area contributed by atoms with Gasteiger partial charge in [-0.25, -0.2) is 4.79 Å². The number of nitrogens with zero attached hydrogens (tertiary/aromatic N) is 2. The van der Waals surface area contributed by atoms with Crippen LogP contribution in [0.1, 0.15) is 0 Å². The molecule has 1 N–H and O–H groups in total. The van der Waals surface area contributed by atoms with Crippen LogP contribution in [0.5, 0.6) is 5.88 Å². The first-order valence-corrected chi connectivity index (χ1v) is 4.32. The largest absolute Gasteiger partial charge is 0.479 e. The van der Waals surface area contributed by atoms with Gasteiger partial charge in [-0.3, -0.25) is 0 Å². The van der Waals surface area contributed by atoms with Gasteiger partial charge in [0.25, 0.3) is 0 Å². The van der Waals surface area contributed by atoms with Crippen molar-refractivity contribution in [2.45, 2.75) is 0 Å². The summed E-state index contributed by atoms with van der Waals surface area (Å²) in [5.41, 5.74) is 0. The minimum atomic E-state index is -1.04. The molecule has 0 aliphatic carbocycles. The lowest BCUT2D eigenvalue weighted by atomic mass is 10.2. The highest BCUT2D eigenvalue weighted by Gasteiger charge is 2.05. The van der Waals surface area contributed by atoms with Gasteiger partial charge in [-0.15, -0.1) is 5.10 Å². The summed E-state index contributed by atoms with van der Waals surface area (Å²) >= 11 is 0. The Bertz CT molecular complexity index is 493. The van der Waals surface area contributed by atoms with Gasteiger partial charge in [-0.1, -0.05) is 18.2 Å². The second-order valence-corrected chi connectivity index (χ2v) is 2.92. The highest BCUT2D eigenvalue weighted by atomic mass is 16.5. The van der Waals surface area contributed by atoms with E-state index < -0.39 is 12.6 Å².